The molecule has 0 radical (unpaired) electrons. The van der Waals surface area contributed by atoms with Crippen LogP contribution in [0.4, 0.5) is 15.3 Å². The number of hydrogen-bond acceptors (Lipinski definition) is 4. The minimum Gasteiger partial charge on any atom is -0.448 e. The minimum absolute atomic E-state index is 0.0413. The Balaban J connectivity index is 2.43. The predicted molar refractivity (Wildman–Crippen MR) is 76.5 cm³/mol. The zero-order chi connectivity index (χ0) is 15.0. The first kappa shape index (κ1) is 15.8. The summed E-state index contributed by atoms with van der Waals surface area (Å²) in [6.07, 6.45) is -0.860. The van der Waals surface area contributed by atoms with E-state index in [0.29, 0.717) is 5.69 Å². The van der Waals surface area contributed by atoms with Gasteiger partial charge >= 0.3 is 12.1 Å². The highest BCUT2D eigenvalue weighted by atomic mass is 16.5. The molecule has 0 bridgehead atoms. The van der Waals surface area contributed by atoms with E-state index in [1.165, 1.54) is 0 Å². The van der Waals surface area contributed by atoms with E-state index in [2.05, 4.69) is 20.7 Å². The summed E-state index contributed by atoms with van der Waals surface area (Å²) >= 11 is 0. The van der Waals surface area contributed by atoms with Gasteiger partial charge in [0.2, 0.25) is 0 Å². The molecule has 0 aliphatic rings. The second-order valence-corrected chi connectivity index (χ2v) is 4.18. The molecule has 7 nitrogen and oxygen atoms in total. The van der Waals surface area contributed by atoms with Gasteiger partial charge in [-0.25, -0.2) is 9.59 Å². The average molecular weight is 280 g/mol. The van der Waals surface area contributed by atoms with Crippen LogP contribution in [0, 0.1) is 0 Å². The molecule has 20 heavy (non-hydrogen) atoms. The number of nitrogens with one attached hydrogen (secondary N) is 3. The van der Waals surface area contributed by atoms with E-state index < -0.39 is 6.09 Å². The van der Waals surface area contributed by atoms with Crippen molar-refractivity contribution in [1.29, 1.82) is 0 Å². The maximum absolute atomic E-state index is 11.6. The Bertz CT molecular complexity index is 465. The van der Waals surface area contributed by atoms with Crippen molar-refractivity contribution in [2.75, 3.05) is 25.5 Å². The second-order valence-electron chi connectivity index (χ2n) is 4.18. The summed E-state index contributed by atoms with van der Waals surface area (Å²) in [7, 11) is 1.87. The average Bonchev–Trinajstić information content (AvgIpc) is 2.43. The van der Waals surface area contributed by atoms with Crippen LogP contribution < -0.4 is 21.7 Å². The van der Waals surface area contributed by atoms with Gasteiger partial charge in [-0.2, -0.15) is 0 Å². The molecule has 3 amide bonds. The highest BCUT2D eigenvalue weighted by Crippen LogP contribution is 2.16. The maximum atomic E-state index is 11.6. The van der Waals surface area contributed by atoms with Gasteiger partial charge in [-0.05, 0) is 31.7 Å². The normalized spacial score (nSPS) is 11.5. The number of rotatable bonds is 6. The van der Waals surface area contributed by atoms with Crippen LogP contribution in [0.2, 0.25) is 0 Å². The molecule has 1 aromatic rings. The number of hydrogen-bond donors (Lipinski definition) is 4. The lowest BCUT2D eigenvalue weighted by Gasteiger charge is -2.13. The lowest BCUT2D eigenvalue weighted by Crippen LogP contribution is -2.32. The second kappa shape index (κ2) is 8.00. The third-order valence-electron chi connectivity index (χ3n) is 2.71. The molecule has 0 aromatic heterocycles. The fourth-order valence-corrected chi connectivity index (χ4v) is 1.54. The number of ether oxygens (including phenoxy) is 1. The number of amides is 3. The Kier molecular flexibility index (Phi) is 6.31. The first-order chi connectivity index (χ1) is 9.52. The van der Waals surface area contributed by atoms with Crippen LogP contribution in [-0.2, 0) is 4.74 Å². The van der Waals surface area contributed by atoms with E-state index in [1.807, 2.05) is 32.2 Å². The Morgan fingerprint density at radius 1 is 1.40 bits per heavy atom. The van der Waals surface area contributed by atoms with Crippen LogP contribution in [0.5, 0.6) is 0 Å². The third kappa shape index (κ3) is 5.57. The molecule has 0 saturated carbocycles. The molecule has 1 atom stereocenters. The van der Waals surface area contributed by atoms with Crippen LogP contribution >= 0.6 is 0 Å². The summed E-state index contributed by atoms with van der Waals surface area (Å²) in [4.78, 5) is 21.9. The Morgan fingerprint density at radius 3 is 2.80 bits per heavy atom. The van der Waals surface area contributed by atoms with Gasteiger partial charge in [0.15, 0.2) is 0 Å². The molecule has 0 spiro atoms. The molecule has 5 N–H and O–H groups in total. The number of carbonyl (C=O) groups is 2. The molecule has 110 valence electrons. The highest BCUT2D eigenvalue weighted by molar-refractivity contribution is 5.89. The van der Waals surface area contributed by atoms with E-state index in [-0.39, 0.29) is 25.2 Å². The summed E-state index contributed by atoms with van der Waals surface area (Å²) in [5.74, 6) is 0. The number of primary amides is 1. The molecule has 1 aromatic carbocycles. The van der Waals surface area contributed by atoms with Crippen molar-refractivity contribution in [3.05, 3.63) is 29.8 Å². The molecule has 0 heterocycles. The topological polar surface area (TPSA) is 105 Å². The van der Waals surface area contributed by atoms with E-state index in [1.54, 1.807) is 6.07 Å². The van der Waals surface area contributed by atoms with Crippen LogP contribution in [0.3, 0.4) is 0 Å². The summed E-state index contributed by atoms with van der Waals surface area (Å²) < 4.78 is 4.50. The molecule has 0 aliphatic heterocycles. The smallest absolute Gasteiger partial charge is 0.404 e. The van der Waals surface area contributed by atoms with Gasteiger partial charge < -0.3 is 26.4 Å². The number of anilines is 1. The van der Waals surface area contributed by atoms with Gasteiger partial charge in [0.1, 0.15) is 6.61 Å². The van der Waals surface area contributed by atoms with E-state index in [9.17, 15) is 9.59 Å². The van der Waals surface area contributed by atoms with Gasteiger partial charge in [0.05, 0.1) is 6.54 Å². The predicted octanol–water partition coefficient (Wildman–Crippen LogP) is 1.18. The summed E-state index contributed by atoms with van der Waals surface area (Å²) in [5.41, 5.74) is 6.56. The van der Waals surface area contributed by atoms with Crippen LogP contribution in [0.25, 0.3) is 0 Å². The Morgan fingerprint density at radius 2 is 2.15 bits per heavy atom. The van der Waals surface area contributed by atoms with E-state index in [4.69, 9.17) is 5.73 Å². The molecule has 0 saturated heterocycles. The van der Waals surface area contributed by atoms with Crippen molar-refractivity contribution in [1.82, 2.24) is 10.6 Å². The molecule has 7 heteroatoms. The van der Waals surface area contributed by atoms with Gasteiger partial charge in [-0.15, -0.1) is 0 Å². The van der Waals surface area contributed by atoms with E-state index >= 15 is 0 Å². The van der Waals surface area contributed by atoms with Crippen molar-refractivity contribution >= 4 is 17.8 Å². The van der Waals surface area contributed by atoms with E-state index in [0.717, 1.165) is 5.56 Å². The van der Waals surface area contributed by atoms with Crippen molar-refractivity contribution < 1.29 is 14.3 Å². The van der Waals surface area contributed by atoms with Crippen LogP contribution in [0.15, 0.2) is 24.3 Å². The first-order valence-corrected chi connectivity index (χ1v) is 6.27. The quantitative estimate of drug-likeness (QED) is 0.587. The van der Waals surface area contributed by atoms with Crippen molar-refractivity contribution in [3.63, 3.8) is 0 Å². The summed E-state index contributed by atoms with van der Waals surface area (Å²) in [5, 5.41) is 8.38. The largest absolute Gasteiger partial charge is 0.448 e. The number of urea groups is 1. The molecule has 1 unspecified atom stereocenters. The minimum atomic E-state index is -0.860. The summed E-state index contributed by atoms with van der Waals surface area (Å²) in [6, 6.07) is 7.36. The third-order valence-corrected chi connectivity index (χ3v) is 2.71. The zero-order valence-corrected chi connectivity index (χ0v) is 11.6. The lowest BCUT2D eigenvalue weighted by atomic mass is 10.1. The first-order valence-electron chi connectivity index (χ1n) is 6.27. The zero-order valence-electron chi connectivity index (χ0n) is 11.6. The Labute approximate surface area is 117 Å². The standard InChI is InChI=1S/C13H20N4O3/c1-9(15-2)10-4-3-5-11(8-10)17-13(19)16-6-7-20-12(14)18/h3-5,8-9,15H,6-7H2,1-2H3,(H2,14,18)(H2,16,17,19). The van der Waals surface area contributed by atoms with Gasteiger partial charge in [0, 0.05) is 11.7 Å². The van der Waals surface area contributed by atoms with Crippen molar-refractivity contribution in [3.8, 4) is 0 Å². The number of carbonyl (C=O) groups excluding carboxylic acids is 2. The number of nitrogens with two attached hydrogens (primary N) is 1. The van der Waals surface area contributed by atoms with Gasteiger partial charge in [-0.1, -0.05) is 12.1 Å². The monoisotopic (exact) mass is 280 g/mol. The molecular formula is C13H20N4O3. The number of benzene rings is 1. The Hall–Kier alpha value is -2.28. The van der Waals surface area contributed by atoms with Crippen LogP contribution in [-0.4, -0.2) is 32.3 Å². The lowest BCUT2D eigenvalue weighted by molar-refractivity contribution is 0.157. The van der Waals surface area contributed by atoms with Crippen molar-refractivity contribution in [2.24, 2.45) is 5.73 Å². The molecule has 0 aliphatic carbocycles. The maximum Gasteiger partial charge on any atom is 0.404 e. The molecule has 0 fully saturated rings. The highest BCUT2D eigenvalue weighted by Gasteiger charge is 2.05. The summed E-state index contributed by atoms with van der Waals surface area (Å²) in [6.45, 7) is 2.27. The van der Waals surface area contributed by atoms with Crippen molar-refractivity contribution in [2.45, 2.75) is 13.0 Å². The van der Waals surface area contributed by atoms with Crippen LogP contribution in [0.1, 0.15) is 18.5 Å². The molecular weight excluding hydrogens is 260 g/mol. The van der Waals surface area contributed by atoms with Gasteiger partial charge in [0.25, 0.3) is 0 Å². The van der Waals surface area contributed by atoms with Gasteiger partial charge in [-0.3, -0.25) is 0 Å². The fraction of sp³-hybridized carbons (Fsp3) is 0.385. The molecule has 1 rings (SSSR count). The fourth-order valence-electron chi connectivity index (χ4n) is 1.54. The SMILES string of the molecule is CNC(C)c1cccc(NC(=O)NCCOC(N)=O)c1.